The van der Waals surface area contributed by atoms with Crippen molar-refractivity contribution < 1.29 is 9.53 Å². The number of rotatable bonds is 6. The summed E-state index contributed by atoms with van der Waals surface area (Å²) in [5.74, 6) is 0.718. The third kappa shape index (κ3) is 3.41. The van der Waals surface area contributed by atoms with Crippen molar-refractivity contribution in [2.45, 2.75) is 38.9 Å². The van der Waals surface area contributed by atoms with Gasteiger partial charge in [0.05, 0.1) is 47.5 Å². The molecule has 1 saturated carbocycles. The smallest absolute Gasteiger partial charge is 0.254 e. The molecule has 38 heavy (non-hydrogen) atoms. The number of ether oxygens (including phenoxy) is 1. The van der Waals surface area contributed by atoms with Crippen LogP contribution in [0.25, 0.3) is 11.1 Å². The van der Waals surface area contributed by atoms with Gasteiger partial charge in [0.1, 0.15) is 5.82 Å². The normalized spacial score (nSPS) is 21.3. The van der Waals surface area contributed by atoms with Gasteiger partial charge in [-0.2, -0.15) is 5.10 Å². The fourth-order valence-electron chi connectivity index (χ4n) is 6.82. The highest BCUT2D eigenvalue weighted by molar-refractivity contribution is 6.06. The second-order valence-corrected chi connectivity index (χ2v) is 12.4. The Balaban J connectivity index is 1.11. The highest BCUT2D eigenvalue weighted by Gasteiger charge is 2.50. The molecule has 9 nitrogen and oxygen atoms in total. The summed E-state index contributed by atoms with van der Waals surface area (Å²) < 4.78 is 7.64. The third-order valence-electron chi connectivity index (χ3n) is 9.08. The van der Waals surface area contributed by atoms with E-state index in [0.29, 0.717) is 17.4 Å². The minimum atomic E-state index is -0.0365. The molecular weight excluding hydrogens is 478 g/mol. The summed E-state index contributed by atoms with van der Waals surface area (Å²) in [5.41, 5.74) is 9.18. The number of carbonyl (C=O) groups is 1. The van der Waals surface area contributed by atoms with E-state index in [4.69, 9.17) is 14.8 Å². The second kappa shape index (κ2) is 7.80. The van der Waals surface area contributed by atoms with Crippen molar-refractivity contribution in [3.05, 3.63) is 53.0 Å². The van der Waals surface area contributed by atoms with Crippen molar-refractivity contribution in [2.24, 2.45) is 10.8 Å². The van der Waals surface area contributed by atoms with E-state index in [1.807, 2.05) is 18.3 Å². The van der Waals surface area contributed by atoms with Gasteiger partial charge >= 0.3 is 0 Å². The highest BCUT2D eigenvalue weighted by atomic mass is 16.5. The maximum Gasteiger partial charge on any atom is 0.254 e. The highest BCUT2D eigenvalue weighted by Crippen LogP contribution is 2.54. The Bertz CT molecular complexity index is 1480. The molecule has 6 heterocycles. The molecule has 1 aliphatic carbocycles. The van der Waals surface area contributed by atoms with Crippen molar-refractivity contribution in [3.63, 3.8) is 0 Å². The zero-order chi connectivity index (χ0) is 25.6. The molecule has 1 aromatic carbocycles. The monoisotopic (exact) mass is 511 g/mol. The van der Waals surface area contributed by atoms with Gasteiger partial charge in [-0.1, -0.05) is 6.07 Å². The summed E-state index contributed by atoms with van der Waals surface area (Å²) in [7, 11) is 4.13. The number of anilines is 3. The van der Waals surface area contributed by atoms with Crippen LogP contribution < -0.4 is 15.5 Å². The summed E-state index contributed by atoms with van der Waals surface area (Å²) in [6.45, 7) is 6.10. The zero-order valence-electron chi connectivity index (χ0n) is 22.0. The minimum absolute atomic E-state index is 0.0365. The van der Waals surface area contributed by atoms with Crippen LogP contribution in [-0.4, -0.2) is 66.0 Å². The number of nitrogens with one attached hydrogen (secondary N) is 2. The quantitative estimate of drug-likeness (QED) is 0.526. The first-order chi connectivity index (χ1) is 18.4. The Hall–Kier alpha value is -3.43. The number of hydrogen-bond acceptors (Lipinski definition) is 7. The Kier molecular flexibility index (Phi) is 4.63. The number of fused-ring (bicyclic) bond motifs is 2. The Morgan fingerprint density at radius 2 is 1.92 bits per heavy atom. The predicted octanol–water partition coefficient (Wildman–Crippen LogP) is 3.17. The average molecular weight is 512 g/mol. The maximum absolute atomic E-state index is 13.0. The molecule has 0 radical (unpaired) electrons. The summed E-state index contributed by atoms with van der Waals surface area (Å²) in [5, 5.41) is 11.2. The molecule has 0 bridgehead atoms. The molecule has 0 atom stereocenters. The van der Waals surface area contributed by atoms with E-state index in [1.54, 1.807) is 0 Å². The predicted molar refractivity (Wildman–Crippen MR) is 145 cm³/mol. The Labute approximate surface area is 222 Å². The van der Waals surface area contributed by atoms with E-state index in [2.05, 4.69) is 51.3 Å². The molecule has 0 unspecified atom stereocenters. The number of nitrogens with zero attached hydrogens (tertiary/aromatic N) is 5. The lowest BCUT2D eigenvalue weighted by molar-refractivity contribution is -0.127. The van der Waals surface area contributed by atoms with Crippen LogP contribution >= 0.6 is 0 Å². The molecule has 8 rings (SSSR count). The summed E-state index contributed by atoms with van der Waals surface area (Å²) in [6, 6.07) is 8.37. The van der Waals surface area contributed by atoms with Gasteiger partial charge in [0.25, 0.3) is 5.91 Å². The molecule has 2 saturated heterocycles. The maximum atomic E-state index is 13.0. The first-order valence-corrected chi connectivity index (χ1v) is 13.6. The van der Waals surface area contributed by atoms with Crippen LogP contribution in [0.4, 0.5) is 17.2 Å². The van der Waals surface area contributed by atoms with Crippen LogP contribution in [0.2, 0.25) is 0 Å². The lowest BCUT2D eigenvalue weighted by atomic mass is 9.77. The molecule has 1 amide bonds. The van der Waals surface area contributed by atoms with Crippen LogP contribution in [0, 0.1) is 10.8 Å². The van der Waals surface area contributed by atoms with Crippen LogP contribution in [0.1, 0.15) is 40.2 Å². The third-order valence-corrected chi connectivity index (χ3v) is 9.08. The Morgan fingerprint density at radius 3 is 2.66 bits per heavy atom. The van der Waals surface area contributed by atoms with Gasteiger partial charge in [0.15, 0.2) is 0 Å². The number of pyridine rings is 1. The second-order valence-electron chi connectivity index (χ2n) is 12.4. The van der Waals surface area contributed by atoms with Crippen LogP contribution in [0.5, 0.6) is 0 Å². The molecule has 2 N–H and O–H groups in total. The molecule has 2 aromatic heterocycles. The number of hydrogen-bond donors (Lipinski definition) is 2. The van der Waals surface area contributed by atoms with Crippen LogP contribution in [0.3, 0.4) is 0 Å². The van der Waals surface area contributed by atoms with Crippen molar-refractivity contribution in [1.82, 2.24) is 25.0 Å². The zero-order valence-corrected chi connectivity index (χ0v) is 22.0. The number of amides is 1. The van der Waals surface area contributed by atoms with Gasteiger partial charge in [-0.05, 0) is 68.1 Å². The van der Waals surface area contributed by atoms with Gasteiger partial charge in [-0.25, -0.2) is 4.98 Å². The van der Waals surface area contributed by atoms with E-state index in [-0.39, 0.29) is 5.91 Å². The van der Waals surface area contributed by atoms with Gasteiger partial charge in [0, 0.05) is 44.0 Å². The van der Waals surface area contributed by atoms with Crippen LogP contribution in [0.15, 0.2) is 30.5 Å². The summed E-state index contributed by atoms with van der Waals surface area (Å²) in [4.78, 5) is 22.6. The molecular formula is C29H33N7O2. The lowest BCUT2D eigenvalue weighted by Gasteiger charge is -2.56. The van der Waals surface area contributed by atoms with Crippen molar-refractivity contribution in [1.29, 1.82) is 0 Å². The van der Waals surface area contributed by atoms with E-state index in [9.17, 15) is 4.79 Å². The standard InChI is InChI=1S/C29H33N7O2/c1-34(2)12-22-23(35-13-29(14-35)16-38-17-29)5-6-25(33-22)32-21-4-3-18(20-10-30-27(37)26(20)21)19-11-31-36-15-28(7-8-28)9-24(19)36/h3-6,11H,7-10,12-17H2,1-2H3,(H,30,37)(H,32,33). The molecule has 2 spiro atoms. The number of aromatic nitrogens is 3. The van der Waals surface area contributed by atoms with Gasteiger partial charge in [-0.15, -0.1) is 0 Å². The largest absolute Gasteiger partial charge is 0.380 e. The molecule has 3 aromatic rings. The van der Waals surface area contributed by atoms with E-state index < -0.39 is 0 Å². The van der Waals surface area contributed by atoms with E-state index in [1.165, 1.54) is 29.8 Å². The van der Waals surface area contributed by atoms with Crippen molar-refractivity contribution in [3.8, 4) is 11.1 Å². The summed E-state index contributed by atoms with van der Waals surface area (Å²) in [6.07, 6.45) is 5.67. The molecule has 9 heteroatoms. The number of benzene rings is 1. The molecule has 196 valence electrons. The lowest BCUT2D eigenvalue weighted by Crippen LogP contribution is -2.66. The Morgan fingerprint density at radius 1 is 1.08 bits per heavy atom. The fourth-order valence-corrected chi connectivity index (χ4v) is 6.82. The van der Waals surface area contributed by atoms with Crippen molar-refractivity contribution >= 4 is 23.1 Å². The SMILES string of the molecule is CN(C)Cc1nc(Nc2ccc(-c3cnn4c3CC3(CC3)C4)c3c2C(=O)NC3)ccc1N1CC2(COC2)C1. The van der Waals surface area contributed by atoms with Crippen LogP contribution in [-0.2, 0) is 30.8 Å². The topological polar surface area (TPSA) is 87.5 Å². The van der Waals surface area contributed by atoms with Gasteiger partial charge < -0.3 is 25.2 Å². The molecule has 4 aliphatic heterocycles. The minimum Gasteiger partial charge on any atom is -0.380 e. The summed E-state index contributed by atoms with van der Waals surface area (Å²) >= 11 is 0. The van der Waals surface area contributed by atoms with E-state index in [0.717, 1.165) is 79.7 Å². The first-order valence-electron chi connectivity index (χ1n) is 13.6. The van der Waals surface area contributed by atoms with Gasteiger partial charge in [-0.3, -0.25) is 9.48 Å². The average Bonchev–Trinajstić information content (AvgIpc) is 3.11. The number of carbonyl (C=O) groups excluding carboxylic acids is 1. The van der Waals surface area contributed by atoms with E-state index >= 15 is 0 Å². The molecule has 5 aliphatic rings. The molecule has 3 fully saturated rings. The first kappa shape index (κ1) is 22.5. The van der Waals surface area contributed by atoms with Crippen molar-refractivity contribution in [2.75, 3.05) is 50.6 Å². The fraction of sp³-hybridized carbons (Fsp3) is 0.483. The van der Waals surface area contributed by atoms with Gasteiger partial charge in [0.2, 0.25) is 0 Å².